The smallest absolute Gasteiger partial charge is 0.261 e. The molecule has 174 valence electrons. The lowest BCUT2D eigenvalue weighted by atomic mass is 9.75. The number of amides is 1. The number of ether oxygens (including phenoxy) is 2. The monoisotopic (exact) mass is 477 g/mol. The van der Waals surface area contributed by atoms with Gasteiger partial charge in [0.2, 0.25) is 0 Å². The summed E-state index contributed by atoms with van der Waals surface area (Å²) >= 11 is 6.13. The number of halogens is 1. The average molecular weight is 478 g/mol. The number of nitrogens with two attached hydrogens (primary N) is 1. The molecular weight excluding hydrogens is 454 g/mol. The Morgan fingerprint density at radius 2 is 1.97 bits per heavy atom. The molecule has 0 saturated heterocycles. The lowest BCUT2D eigenvalue weighted by Gasteiger charge is -2.43. The number of hydrogen-bond acceptors (Lipinski definition) is 7. The molecule has 2 unspecified atom stereocenters. The Morgan fingerprint density at radius 1 is 1.21 bits per heavy atom. The highest BCUT2D eigenvalue weighted by Gasteiger charge is 2.56. The van der Waals surface area contributed by atoms with E-state index in [1.165, 1.54) is 4.90 Å². The van der Waals surface area contributed by atoms with Gasteiger partial charge in [0.25, 0.3) is 5.91 Å². The first-order valence-corrected chi connectivity index (χ1v) is 11.2. The molecule has 2 aliphatic rings. The van der Waals surface area contributed by atoms with Crippen LogP contribution in [0, 0.1) is 0 Å². The van der Waals surface area contributed by atoms with Crippen LogP contribution in [0.2, 0.25) is 5.02 Å². The van der Waals surface area contributed by atoms with Gasteiger partial charge in [-0.1, -0.05) is 23.7 Å². The summed E-state index contributed by atoms with van der Waals surface area (Å²) in [6, 6.07) is 11.4. The number of rotatable bonds is 4. The fourth-order valence-electron chi connectivity index (χ4n) is 4.76. The molecule has 1 aromatic carbocycles. The third-order valence-electron chi connectivity index (χ3n) is 6.34. The minimum Gasteiger partial charge on any atom is -0.497 e. The van der Waals surface area contributed by atoms with Crippen LogP contribution in [0.5, 0.6) is 11.5 Å². The van der Waals surface area contributed by atoms with E-state index in [1.807, 2.05) is 37.3 Å². The molecule has 34 heavy (non-hydrogen) atoms. The van der Waals surface area contributed by atoms with Gasteiger partial charge in [-0.3, -0.25) is 19.7 Å². The second-order valence-electron chi connectivity index (χ2n) is 8.91. The Morgan fingerprint density at radius 3 is 2.62 bits per heavy atom. The topological polar surface area (TPSA) is 103 Å². The summed E-state index contributed by atoms with van der Waals surface area (Å²) < 4.78 is 11.7. The van der Waals surface area contributed by atoms with Gasteiger partial charge in [0, 0.05) is 43.4 Å². The van der Waals surface area contributed by atoms with Crippen molar-refractivity contribution in [2.75, 3.05) is 14.2 Å². The Hall–Kier alpha value is -3.65. The predicted octanol–water partition coefficient (Wildman–Crippen LogP) is 3.57. The maximum absolute atomic E-state index is 13.6. The van der Waals surface area contributed by atoms with Crippen molar-refractivity contribution in [3.8, 4) is 22.8 Å². The van der Waals surface area contributed by atoms with E-state index in [0.29, 0.717) is 34.9 Å². The number of carbonyl (C=O) groups is 1. The predicted molar refractivity (Wildman–Crippen MR) is 129 cm³/mol. The van der Waals surface area contributed by atoms with Gasteiger partial charge in [-0.05, 0) is 36.8 Å². The van der Waals surface area contributed by atoms with Crippen molar-refractivity contribution in [3.05, 3.63) is 71.1 Å². The average Bonchev–Trinajstić information content (AvgIpc) is 3.02. The second kappa shape index (κ2) is 7.99. The van der Waals surface area contributed by atoms with Crippen molar-refractivity contribution in [2.24, 2.45) is 10.7 Å². The quantitative estimate of drug-likeness (QED) is 0.616. The van der Waals surface area contributed by atoms with Crippen molar-refractivity contribution in [3.63, 3.8) is 0 Å². The highest BCUT2D eigenvalue weighted by atomic mass is 35.5. The number of methoxy groups -OCH3 is 1. The van der Waals surface area contributed by atoms with E-state index in [2.05, 4.69) is 9.97 Å². The lowest BCUT2D eigenvalue weighted by molar-refractivity contribution is -0.133. The van der Waals surface area contributed by atoms with Gasteiger partial charge < -0.3 is 15.2 Å². The Bertz CT molecular complexity index is 1310. The number of fused-ring (bicyclic) bond motifs is 2. The summed E-state index contributed by atoms with van der Waals surface area (Å²) in [6.07, 6.45) is 5.74. The normalized spacial score (nSPS) is 23.5. The summed E-state index contributed by atoms with van der Waals surface area (Å²) in [5, 5.41) is 0.494. The maximum atomic E-state index is 13.6. The van der Waals surface area contributed by atoms with Crippen molar-refractivity contribution >= 4 is 23.5 Å². The molecule has 3 aromatic rings. The van der Waals surface area contributed by atoms with Crippen LogP contribution in [-0.2, 0) is 16.8 Å². The molecule has 1 amide bonds. The molecule has 0 fully saturated rings. The van der Waals surface area contributed by atoms with Crippen LogP contribution in [0.1, 0.15) is 24.5 Å². The highest BCUT2D eigenvalue weighted by Crippen LogP contribution is 2.50. The number of likely N-dealkylation sites (N-methyl/N-ethyl adjacent to an activating group) is 1. The Balaban J connectivity index is 1.60. The SMILES string of the molecule is COc1ccc(CC2(C)CC3(N=C(N)N(C)C3=O)c3cc(-c4cncc(Cl)c4)ncc3O2)cc1. The summed E-state index contributed by atoms with van der Waals surface area (Å²) in [5.74, 6) is 1.25. The van der Waals surface area contributed by atoms with E-state index in [9.17, 15) is 4.79 Å². The molecule has 2 aliphatic heterocycles. The molecule has 1 spiro atoms. The van der Waals surface area contributed by atoms with Gasteiger partial charge in [-0.2, -0.15) is 0 Å². The number of aliphatic imine (C=N–C) groups is 1. The molecule has 0 radical (unpaired) electrons. The van der Waals surface area contributed by atoms with E-state index >= 15 is 0 Å². The minimum absolute atomic E-state index is 0.174. The van der Waals surface area contributed by atoms with Gasteiger partial charge in [-0.15, -0.1) is 0 Å². The molecule has 0 saturated carbocycles. The number of benzene rings is 1. The molecule has 0 bridgehead atoms. The van der Waals surface area contributed by atoms with E-state index in [-0.39, 0.29) is 11.9 Å². The maximum Gasteiger partial charge on any atom is 0.261 e. The third-order valence-corrected chi connectivity index (χ3v) is 6.55. The Kier molecular flexibility index (Phi) is 5.20. The molecule has 2 atom stereocenters. The van der Waals surface area contributed by atoms with Crippen LogP contribution in [0.3, 0.4) is 0 Å². The summed E-state index contributed by atoms with van der Waals surface area (Å²) in [7, 11) is 3.27. The van der Waals surface area contributed by atoms with Gasteiger partial charge in [0.15, 0.2) is 11.5 Å². The molecule has 2 N–H and O–H groups in total. The fourth-order valence-corrected chi connectivity index (χ4v) is 4.93. The van der Waals surface area contributed by atoms with Gasteiger partial charge in [-0.25, -0.2) is 4.99 Å². The molecule has 2 aromatic heterocycles. The number of guanidine groups is 1. The van der Waals surface area contributed by atoms with Crippen LogP contribution in [-0.4, -0.2) is 46.5 Å². The van der Waals surface area contributed by atoms with Gasteiger partial charge in [0.05, 0.1) is 24.0 Å². The number of carbonyl (C=O) groups excluding carboxylic acids is 1. The number of pyridine rings is 2. The molecule has 4 heterocycles. The van der Waals surface area contributed by atoms with Crippen molar-refractivity contribution in [1.29, 1.82) is 0 Å². The standard InChI is InChI=1S/C25H24ClN5O3/c1-24(10-15-4-6-18(33-3)7-5-15)14-25(22(32)31(2)23(27)30-25)19-9-20(29-13-21(19)34-24)16-8-17(26)12-28-11-16/h4-9,11-13H,10,14H2,1-3H3,(H2,27,30). The van der Waals surface area contributed by atoms with Crippen LogP contribution in [0.25, 0.3) is 11.3 Å². The highest BCUT2D eigenvalue weighted by molar-refractivity contribution is 6.30. The third kappa shape index (κ3) is 3.64. The molecule has 5 rings (SSSR count). The zero-order chi connectivity index (χ0) is 24.1. The van der Waals surface area contributed by atoms with Crippen LogP contribution in [0.15, 0.2) is 60.0 Å². The first-order valence-electron chi connectivity index (χ1n) is 10.8. The number of nitrogens with zero attached hydrogens (tertiary/aromatic N) is 4. The van der Waals surface area contributed by atoms with Gasteiger partial charge in [0.1, 0.15) is 17.1 Å². The van der Waals surface area contributed by atoms with Crippen molar-refractivity contribution < 1.29 is 14.3 Å². The van der Waals surface area contributed by atoms with Crippen LogP contribution < -0.4 is 15.2 Å². The summed E-state index contributed by atoms with van der Waals surface area (Å²) in [4.78, 5) is 28.4. The van der Waals surface area contributed by atoms with E-state index < -0.39 is 11.1 Å². The first kappa shape index (κ1) is 22.2. The molecular formula is C25H24ClN5O3. The summed E-state index contributed by atoms with van der Waals surface area (Å²) in [6.45, 7) is 1.98. The zero-order valence-electron chi connectivity index (χ0n) is 19.1. The minimum atomic E-state index is -1.21. The second-order valence-corrected chi connectivity index (χ2v) is 9.34. The van der Waals surface area contributed by atoms with Crippen LogP contribution >= 0.6 is 11.6 Å². The number of aromatic nitrogens is 2. The van der Waals surface area contributed by atoms with Crippen LogP contribution in [0.4, 0.5) is 0 Å². The van der Waals surface area contributed by atoms with Gasteiger partial charge >= 0.3 is 0 Å². The van der Waals surface area contributed by atoms with Crippen molar-refractivity contribution in [2.45, 2.75) is 30.9 Å². The van der Waals surface area contributed by atoms with Crippen molar-refractivity contribution in [1.82, 2.24) is 14.9 Å². The first-order chi connectivity index (χ1) is 16.2. The molecule has 9 heteroatoms. The lowest BCUT2D eigenvalue weighted by Crippen LogP contribution is -2.51. The molecule has 0 aliphatic carbocycles. The number of hydrogen-bond donors (Lipinski definition) is 1. The fraction of sp³-hybridized carbons (Fsp3) is 0.280. The van der Waals surface area contributed by atoms with E-state index in [4.69, 9.17) is 31.8 Å². The Labute approximate surface area is 202 Å². The zero-order valence-corrected chi connectivity index (χ0v) is 19.8. The van der Waals surface area contributed by atoms with E-state index in [0.717, 1.165) is 16.9 Å². The largest absolute Gasteiger partial charge is 0.497 e. The van der Waals surface area contributed by atoms with E-state index in [1.54, 1.807) is 38.8 Å². The summed E-state index contributed by atoms with van der Waals surface area (Å²) in [5.41, 5.74) is 7.21. The molecule has 8 nitrogen and oxygen atoms in total.